The molecule has 1 saturated carbocycles. The highest BCUT2D eigenvalue weighted by atomic mass is 16.5. The number of aliphatic carboxylic acids is 1. The first-order valence-electron chi connectivity index (χ1n) is 13.8. The zero-order valence-corrected chi connectivity index (χ0v) is 22.9. The van der Waals surface area contributed by atoms with E-state index >= 15 is 0 Å². The molecule has 2 aromatic carbocycles. The van der Waals surface area contributed by atoms with Crippen molar-refractivity contribution in [3.05, 3.63) is 70.3 Å². The number of ether oxygens (including phenoxy) is 1. The minimum atomic E-state index is -0.920. The van der Waals surface area contributed by atoms with Gasteiger partial charge in [0, 0.05) is 11.8 Å². The molecule has 5 heteroatoms. The molecule has 3 N–H and O–H groups in total. The van der Waals surface area contributed by atoms with Gasteiger partial charge in [0.2, 0.25) is 0 Å². The predicted molar refractivity (Wildman–Crippen MR) is 149 cm³/mol. The van der Waals surface area contributed by atoms with Crippen molar-refractivity contribution >= 4 is 12.0 Å². The quantitative estimate of drug-likeness (QED) is 0.296. The van der Waals surface area contributed by atoms with Gasteiger partial charge in [-0.1, -0.05) is 75.6 Å². The first-order chi connectivity index (χ1) is 17.6. The van der Waals surface area contributed by atoms with Crippen molar-refractivity contribution < 1.29 is 24.9 Å². The molecule has 0 saturated heterocycles. The van der Waals surface area contributed by atoms with Crippen molar-refractivity contribution in [3.63, 3.8) is 0 Å². The van der Waals surface area contributed by atoms with E-state index in [4.69, 9.17) is 9.84 Å². The third kappa shape index (κ3) is 7.24. The number of carboxylic acid groups (broad SMARTS) is 1. The summed E-state index contributed by atoms with van der Waals surface area (Å²) >= 11 is 0. The Morgan fingerprint density at radius 1 is 1.03 bits per heavy atom. The van der Waals surface area contributed by atoms with E-state index in [1.54, 1.807) is 0 Å². The fraction of sp³-hybridized carbons (Fsp3) is 0.531. The van der Waals surface area contributed by atoms with E-state index in [0.717, 1.165) is 49.7 Å². The largest absolute Gasteiger partial charge is 0.491 e. The second-order valence-electron chi connectivity index (χ2n) is 10.7. The molecule has 0 bridgehead atoms. The van der Waals surface area contributed by atoms with Crippen molar-refractivity contribution in [2.75, 3.05) is 6.61 Å². The van der Waals surface area contributed by atoms with Gasteiger partial charge in [0.05, 0.1) is 11.7 Å². The van der Waals surface area contributed by atoms with Gasteiger partial charge < -0.3 is 20.1 Å². The monoisotopic (exact) mass is 508 g/mol. The summed E-state index contributed by atoms with van der Waals surface area (Å²) < 4.78 is 5.82. The first-order valence-corrected chi connectivity index (χ1v) is 13.8. The highest BCUT2D eigenvalue weighted by Crippen LogP contribution is 2.41. The van der Waals surface area contributed by atoms with Crippen LogP contribution in [-0.4, -0.2) is 39.6 Å². The van der Waals surface area contributed by atoms with E-state index in [0.29, 0.717) is 5.75 Å². The maximum Gasteiger partial charge on any atom is 0.303 e. The van der Waals surface area contributed by atoms with Crippen LogP contribution >= 0.6 is 0 Å². The van der Waals surface area contributed by atoms with Crippen LogP contribution in [0.2, 0.25) is 0 Å². The molecule has 0 heterocycles. The number of hydrogen-bond donors (Lipinski definition) is 3. The minimum Gasteiger partial charge on any atom is -0.491 e. The minimum absolute atomic E-state index is 0.0729. The lowest BCUT2D eigenvalue weighted by molar-refractivity contribution is -0.137. The Kier molecular flexibility index (Phi) is 9.97. The van der Waals surface area contributed by atoms with Crippen molar-refractivity contribution in [3.8, 4) is 5.75 Å². The van der Waals surface area contributed by atoms with E-state index < -0.39 is 17.7 Å². The Labute approximate surface area is 222 Å². The molecular formula is C32H44O5. The van der Waals surface area contributed by atoms with Crippen molar-refractivity contribution in [2.45, 2.75) is 103 Å². The molecule has 1 aliphatic carbocycles. The van der Waals surface area contributed by atoms with Crippen molar-refractivity contribution in [2.24, 2.45) is 0 Å². The molecule has 0 spiro atoms. The molecule has 2 aromatic rings. The van der Waals surface area contributed by atoms with Crippen molar-refractivity contribution in [1.29, 1.82) is 0 Å². The lowest BCUT2D eigenvalue weighted by Gasteiger charge is -2.34. The number of benzene rings is 2. The normalized spacial score (nSPS) is 16.6. The summed E-state index contributed by atoms with van der Waals surface area (Å²) in [6.45, 7) is 8.67. The van der Waals surface area contributed by atoms with Gasteiger partial charge in [0.1, 0.15) is 12.4 Å². The van der Waals surface area contributed by atoms with Gasteiger partial charge in [-0.25, -0.2) is 0 Å². The highest BCUT2D eigenvalue weighted by molar-refractivity contribution is 5.66. The van der Waals surface area contributed by atoms with Crippen LogP contribution in [0.15, 0.2) is 42.5 Å². The second kappa shape index (κ2) is 12.7. The molecular weight excluding hydrogens is 464 g/mol. The van der Waals surface area contributed by atoms with E-state index in [-0.39, 0.29) is 24.9 Å². The fourth-order valence-electron chi connectivity index (χ4n) is 5.64. The Hall–Kier alpha value is -2.63. The lowest BCUT2D eigenvalue weighted by atomic mass is 9.70. The summed E-state index contributed by atoms with van der Waals surface area (Å²) in [6.07, 6.45) is 10.3. The third-order valence-electron chi connectivity index (χ3n) is 8.17. The molecule has 0 aliphatic heterocycles. The van der Waals surface area contributed by atoms with Crippen LogP contribution in [0.3, 0.4) is 0 Å². The van der Waals surface area contributed by atoms with E-state index in [1.165, 1.54) is 23.1 Å². The Bertz CT molecular complexity index is 1080. The van der Waals surface area contributed by atoms with Gasteiger partial charge in [0.15, 0.2) is 0 Å². The zero-order valence-electron chi connectivity index (χ0n) is 22.9. The second-order valence-corrected chi connectivity index (χ2v) is 10.7. The Balaban J connectivity index is 1.80. The van der Waals surface area contributed by atoms with Gasteiger partial charge in [-0.3, -0.25) is 4.79 Å². The average molecular weight is 509 g/mol. The number of aryl methyl sites for hydroxylation is 2. The number of aliphatic hydroxyl groups excluding tert-OH is 1. The predicted octanol–water partition coefficient (Wildman–Crippen LogP) is 6.72. The van der Waals surface area contributed by atoms with Crippen LogP contribution in [-0.2, 0) is 10.2 Å². The third-order valence-corrected chi connectivity index (χ3v) is 8.17. The summed E-state index contributed by atoms with van der Waals surface area (Å²) in [6, 6.07) is 12.9. The first kappa shape index (κ1) is 28.9. The van der Waals surface area contributed by atoms with Crippen LogP contribution in [0.1, 0.15) is 99.5 Å². The van der Waals surface area contributed by atoms with Gasteiger partial charge in [-0.05, 0) is 79.8 Å². The van der Waals surface area contributed by atoms with Crippen LogP contribution in [0, 0.1) is 13.8 Å². The molecule has 1 fully saturated rings. The molecule has 5 nitrogen and oxygen atoms in total. The maximum atomic E-state index is 10.9. The summed E-state index contributed by atoms with van der Waals surface area (Å²) in [5.74, 6) is -0.215. The zero-order chi connectivity index (χ0) is 27.1. The Morgan fingerprint density at radius 3 is 2.22 bits per heavy atom. The molecule has 0 radical (unpaired) electrons. The summed E-state index contributed by atoms with van der Waals surface area (Å²) in [7, 11) is 0. The molecule has 3 rings (SSSR count). The van der Waals surface area contributed by atoms with Crippen LogP contribution < -0.4 is 4.74 Å². The molecule has 0 aromatic heterocycles. The highest BCUT2D eigenvalue weighted by Gasteiger charge is 2.31. The van der Waals surface area contributed by atoms with E-state index in [9.17, 15) is 15.0 Å². The van der Waals surface area contributed by atoms with Crippen LogP contribution in [0.4, 0.5) is 0 Å². The standard InChI is InChI=1S/C32H44O5/c1-5-32(6-2,27-12-14-29(24(4)21-27)37-22-28(33)13-15-30(34)35)26-11-10-25(23(3)20-26)16-19-31(36)17-8-7-9-18-31/h10-12,14,16,19-21,28,33,36H,5-9,13,15,17-18,22H2,1-4H3,(H,34,35)/b19-16+/t28-/m0/s1. The average Bonchev–Trinajstić information content (AvgIpc) is 2.88. The summed E-state index contributed by atoms with van der Waals surface area (Å²) in [5, 5.41) is 29.7. The molecule has 1 atom stereocenters. The molecule has 202 valence electrons. The van der Waals surface area contributed by atoms with Crippen LogP contribution in [0.25, 0.3) is 6.08 Å². The number of carbonyl (C=O) groups is 1. The summed E-state index contributed by atoms with van der Waals surface area (Å²) in [4.78, 5) is 10.7. The smallest absolute Gasteiger partial charge is 0.303 e. The van der Waals surface area contributed by atoms with Gasteiger partial charge in [0.25, 0.3) is 0 Å². The lowest BCUT2D eigenvalue weighted by Crippen LogP contribution is -2.28. The topological polar surface area (TPSA) is 87.0 Å². The van der Waals surface area contributed by atoms with E-state index in [2.05, 4.69) is 57.2 Å². The number of aliphatic hydroxyl groups is 2. The SMILES string of the molecule is CCC(CC)(c1ccc(/C=C/C2(O)CCCCC2)c(C)c1)c1ccc(OC[C@@H](O)CCC(=O)O)c(C)c1. The maximum absolute atomic E-state index is 10.9. The van der Waals surface area contributed by atoms with Gasteiger partial charge in [-0.2, -0.15) is 0 Å². The Morgan fingerprint density at radius 2 is 1.65 bits per heavy atom. The van der Waals surface area contributed by atoms with E-state index in [1.807, 2.05) is 19.1 Å². The van der Waals surface area contributed by atoms with Gasteiger partial charge in [-0.15, -0.1) is 0 Å². The molecule has 0 unspecified atom stereocenters. The molecule has 37 heavy (non-hydrogen) atoms. The van der Waals surface area contributed by atoms with Gasteiger partial charge >= 0.3 is 5.97 Å². The van der Waals surface area contributed by atoms with Crippen molar-refractivity contribution in [1.82, 2.24) is 0 Å². The summed E-state index contributed by atoms with van der Waals surface area (Å²) in [5.41, 5.74) is 5.03. The molecule has 0 amide bonds. The fourth-order valence-corrected chi connectivity index (χ4v) is 5.64. The number of rotatable bonds is 12. The molecule has 1 aliphatic rings. The number of carboxylic acids is 1. The number of hydrogen-bond acceptors (Lipinski definition) is 4. The van der Waals surface area contributed by atoms with Crippen LogP contribution in [0.5, 0.6) is 5.75 Å².